The van der Waals surface area contributed by atoms with Crippen LogP contribution in [0, 0.1) is 12.7 Å². The van der Waals surface area contributed by atoms with Gasteiger partial charge in [0, 0.05) is 22.2 Å². The Morgan fingerprint density at radius 2 is 2.05 bits per heavy atom. The van der Waals surface area contributed by atoms with Crippen molar-refractivity contribution < 1.29 is 13.9 Å². The summed E-state index contributed by atoms with van der Waals surface area (Å²) in [4.78, 5) is 12.9. The number of hydrogen-bond donors (Lipinski definition) is 2. The molecule has 110 valence electrons. The van der Waals surface area contributed by atoms with Crippen molar-refractivity contribution in [2.75, 3.05) is 11.9 Å². The zero-order valence-corrected chi connectivity index (χ0v) is 12.7. The highest BCUT2D eigenvalue weighted by molar-refractivity contribution is 7.80. The summed E-state index contributed by atoms with van der Waals surface area (Å²) >= 11 is 4.22. The van der Waals surface area contributed by atoms with Crippen LogP contribution in [0.1, 0.15) is 22.8 Å². The molecule has 0 bridgehead atoms. The van der Waals surface area contributed by atoms with Crippen LogP contribution >= 0.6 is 12.6 Å². The van der Waals surface area contributed by atoms with Crippen LogP contribution in [-0.4, -0.2) is 12.5 Å². The first kappa shape index (κ1) is 15.4. The molecule has 3 nitrogen and oxygen atoms in total. The minimum absolute atomic E-state index is 0.170. The van der Waals surface area contributed by atoms with Gasteiger partial charge in [0.05, 0.1) is 6.61 Å². The van der Waals surface area contributed by atoms with E-state index in [0.29, 0.717) is 22.8 Å². The van der Waals surface area contributed by atoms with Gasteiger partial charge in [-0.2, -0.15) is 0 Å². The molecule has 0 saturated carbocycles. The molecule has 0 aliphatic carbocycles. The van der Waals surface area contributed by atoms with Gasteiger partial charge in [-0.15, -0.1) is 12.6 Å². The quantitative estimate of drug-likeness (QED) is 0.836. The van der Waals surface area contributed by atoms with Gasteiger partial charge < -0.3 is 10.1 Å². The summed E-state index contributed by atoms with van der Waals surface area (Å²) in [5, 5.41) is 2.67. The van der Waals surface area contributed by atoms with Crippen molar-refractivity contribution in [2.24, 2.45) is 0 Å². The number of halogens is 1. The number of benzene rings is 2. The fraction of sp³-hybridized carbons (Fsp3) is 0.188. The standard InChI is InChI=1S/C16H16FNO2S/c1-3-20-15-7-5-11(8-14(15)17)18-16(19)13-9-12(21)6-4-10(13)2/h4-9,21H,3H2,1-2H3,(H,18,19). The maximum atomic E-state index is 13.7. The lowest BCUT2D eigenvalue weighted by molar-refractivity contribution is 0.102. The number of ether oxygens (including phenoxy) is 1. The Morgan fingerprint density at radius 1 is 1.29 bits per heavy atom. The van der Waals surface area contributed by atoms with Crippen molar-refractivity contribution in [3.05, 3.63) is 53.3 Å². The van der Waals surface area contributed by atoms with Crippen molar-refractivity contribution in [1.29, 1.82) is 0 Å². The zero-order valence-electron chi connectivity index (χ0n) is 11.8. The van der Waals surface area contributed by atoms with Crippen LogP contribution in [0.15, 0.2) is 41.3 Å². The second-order valence-electron chi connectivity index (χ2n) is 4.53. The third kappa shape index (κ3) is 3.76. The van der Waals surface area contributed by atoms with E-state index in [2.05, 4.69) is 17.9 Å². The number of aryl methyl sites for hydroxylation is 1. The van der Waals surface area contributed by atoms with E-state index >= 15 is 0 Å². The van der Waals surface area contributed by atoms with Crippen LogP contribution in [0.5, 0.6) is 5.75 Å². The minimum atomic E-state index is -0.505. The lowest BCUT2D eigenvalue weighted by atomic mass is 10.1. The highest BCUT2D eigenvalue weighted by atomic mass is 32.1. The van der Waals surface area contributed by atoms with E-state index in [1.807, 2.05) is 19.1 Å². The molecular weight excluding hydrogens is 289 g/mol. The predicted octanol–water partition coefficient (Wildman–Crippen LogP) is 4.07. The number of rotatable bonds is 4. The second kappa shape index (κ2) is 6.63. The molecule has 0 radical (unpaired) electrons. The molecule has 5 heteroatoms. The first-order chi connectivity index (χ1) is 10.0. The van der Waals surface area contributed by atoms with Crippen molar-refractivity contribution in [2.45, 2.75) is 18.7 Å². The summed E-state index contributed by atoms with van der Waals surface area (Å²) in [5.41, 5.74) is 1.72. The lowest BCUT2D eigenvalue weighted by Gasteiger charge is -2.10. The smallest absolute Gasteiger partial charge is 0.255 e. The molecule has 0 atom stereocenters. The van der Waals surface area contributed by atoms with Crippen molar-refractivity contribution >= 4 is 24.2 Å². The molecule has 1 N–H and O–H groups in total. The summed E-state index contributed by atoms with van der Waals surface area (Å²) in [5.74, 6) is -0.634. The van der Waals surface area contributed by atoms with Gasteiger partial charge in [-0.3, -0.25) is 4.79 Å². The van der Waals surface area contributed by atoms with E-state index < -0.39 is 5.82 Å². The molecule has 0 saturated heterocycles. The Kier molecular flexibility index (Phi) is 4.85. The van der Waals surface area contributed by atoms with Gasteiger partial charge in [-0.1, -0.05) is 6.07 Å². The van der Waals surface area contributed by atoms with Gasteiger partial charge in [-0.05, 0) is 43.7 Å². The Bertz CT molecular complexity index is 673. The molecule has 2 aromatic carbocycles. The van der Waals surface area contributed by atoms with Gasteiger partial charge >= 0.3 is 0 Å². The fourth-order valence-corrected chi connectivity index (χ4v) is 2.11. The molecule has 1 amide bonds. The first-order valence-corrected chi connectivity index (χ1v) is 6.99. The largest absolute Gasteiger partial charge is 0.491 e. The van der Waals surface area contributed by atoms with Gasteiger partial charge in [0.15, 0.2) is 11.6 Å². The number of anilines is 1. The lowest BCUT2D eigenvalue weighted by Crippen LogP contribution is -2.13. The van der Waals surface area contributed by atoms with Gasteiger partial charge in [0.1, 0.15) is 0 Å². The molecule has 2 aromatic rings. The third-order valence-corrected chi connectivity index (χ3v) is 3.23. The van der Waals surface area contributed by atoms with Crippen molar-refractivity contribution in [3.63, 3.8) is 0 Å². The number of carbonyl (C=O) groups is 1. The summed E-state index contributed by atoms with van der Waals surface area (Å²) in [6.45, 7) is 4.00. The second-order valence-corrected chi connectivity index (χ2v) is 5.05. The normalized spacial score (nSPS) is 10.3. The number of carbonyl (C=O) groups excluding carboxylic acids is 1. The summed E-state index contributed by atoms with van der Waals surface area (Å²) in [7, 11) is 0. The monoisotopic (exact) mass is 305 g/mol. The number of thiol groups is 1. The molecule has 0 aromatic heterocycles. The van der Waals surface area contributed by atoms with Crippen molar-refractivity contribution in [3.8, 4) is 5.75 Å². The topological polar surface area (TPSA) is 38.3 Å². The Morgan fingerprint density at radius 3 is 2.71 bits per heavy atom. The summed E-state index contributed by atoms with van der Waals surface area (Å²) in [6, 6.07) is 9.64. The fourth-order valence-electron chi connectivity index (χ4n) is 1.90. The maximum Gasteiger partial charge on any atom is 0.255 e. The molecule has 0 aliphatic heterocycles. The van der Waals surface area contributed by atoms with Crippen LogP contribution in [0.25, 0.3) is 0 Å². The molecule has 0 heterocycles. The van der Waals surface area contributed by atoms with Crippen LogP contribution < -0.4 is 10.1 Å². The average Bonchev–Trinajstić information content (AvgIpc) is 2.44. The molecule has 0 fully saturated rings. The first-order valence-electron chi connectivity index (χ1n) is 6.54. The van der Waals surface area contributed by atoms with E-state index in [0.717, 1.165) is 5.56 Å². The highest BCUT2D eigenvalue weighted by Crippen LogP contribution is 2.22. The van der Waals surface area contributed by atoms with E-state index in [-0.39, 0.29) is 11.7 Å². The van der Waals surface area contributed by atoms with E-state index in [4.69, 9.17) is 4.74 Å². The predicted molar refractivity (Wildman–Crippen MR) is 84.0 cm³/mol. The number of hydrogen-bond acceptors (Lipinski definition) is 3. The molecule has 2 rings (SSSR count). The van der Waals surface area contributed by atoms with Crippen LogP contribution in [0.4, 0.5) is 10.1 Å². The molecule has 0 aliphatic rings. The van der Waals surface area contributed by atoms with E-state index in [1.165, 1.54) is 12.1 Å². The van der Waals surface area contributed by atoms with E-state index in [9.17, 15) is 9.18 Å². The van der Waals surface area contributed by atoms with Crippen LogP contribution in [0.2, 0.25) is 0 Å². The Labute approximate surface area is 128 Å². The van der Waals surface area contributed by atoms with Gasteiger partial charge in [-0.25, -0.2) is 4.39 Å². The molecular formula is C16H16FNO2S. The number of nitrogens with one attached hydrogen (secondary N) is 1. The third-order valence-electron chi connectivity index (χ3n) is 2.96. The highest BCUT2D eigenvalue weighted by Gasteiger charge is 2.11. The van der Waals surface area contributed by atoms with Crippen LogP contribution in [0.3, 0.4) is 0 Å². The SMILES string of the molecule is CCOc1ccc(NC(=O)c2cc(S)ccc2C)cc1F. The summed E-state index contributed by atoms with van der Waals surface area (Å²) in [6.07, 6.45) is 0. The van der Waals surface area contributed by atoms with Crippen LogP contribution in [-0.2, 0) is 0 Å². The summed E-state index contributed by atoms with van der Waals surface area (Å²) < 4.78 is 18.9. The maximum absolute atomic E-state index is 13.7. The van der Waals surface area contributed by atoms with Gasteiger partial charge in [0.25, 0.3) is 5.91 Å². The Hall–Kier alpha value is -2.01. The zero-order chi connectivity index (χ0) is 15.4. The average molecular weight is 305 g/mol. The van der Waals surface area contributed by atoms with E-state index in [1.54, 1.807) is 19.1 Å². The molecule has 0 spiro atoms. The molecule has 0 unspecified atom stereocenters. The molecule has 21 heavy (non-hydrogen) atoms. The minimum Gasteiger partial charge on any atom is -0.491 e. The Balaban J connectivity index is 2.19. The number of amides is 1. The van der Waals surface area contributed by atoms with Crippen molar-refractivity contribution in [1.82, 2.24) is 0 Å². The van der Waals surface area contributed by atoms with Gasteiger partial charge in [0.2, 0.25) is 0 Å².